The molecule has 3 saturated carbocycles. The van der Waals surface area contributed by atoms with Crippen molar-refractivity contribution in [3.63, 3.8) is 0 Å². The number of carbonyl (C=O) groups excluding carboxylic acids is 2. The number of fused-ring (bicyclic) bond motifs is 3. The SMILES string of the molecule is CC=C(C)[C@H]1[C@@H](C=O)[C@H]2[C@H]([C@@H](OC(=O)c3ccccc3)CC[C@@H]2C)[C@H]2C[C@]21C. The molecule has 28 heavy (non-hydrogen) atoms. The van der Waals surface area contributed by atoms with Gasteiger partial charge in [0.2, 0.25) is 0 Å². The fraction of sp³-hybridized carbons (Fsp3) is 0.600. The molecule has 0 radical (unpaired) electrons. The Morgan fingerprint density at radius 3 is 2.54 bits per heavy atom. The third-order valence-corrected chi connectivity index (χ3v) is 8.16. The van der Waals surface area contributed by atoms with E-state index < -0.39 is 0 Å². The van der Waals surface area contributed by atoms with E-state index in [-0.39, 0.29) is 23.4 Å². The summed E-state index contributed by atoms with van der Waals surface area (Å²) in [5, 5.41) is 0. The minimum atomic E-state index is -0.226. The number of benzene rings is 1. The smallest absolute Gasteiger partial charge is 0.338 e. The van der Waals surface area contributed by atoms with Crippen LogP contribution in [0.5, 0.6) is 0 Å². The maximum atomic E-state index is 12.7. The number of rotatable bonds is 4. The number of hydrogen-bond donors (Lipinski definition) is 0. The summed E-state index contributed by atoms with van der Waals surface area (Å²) in [6.45, 7) is 8.90. The highest BCUT2D eigenvalue weighted by Gasteiger charge is 2.69. The van der Waals surface area contributed by atoms with Crippen LogP contribution in [0.15, 0.2) is 42.0 Å². The lowest BCUT2D eigenvalue weighted by Gasteiger charge is -2.51. The van der Waals surface area contributed by atoms with Crippen LogP contribution in [0.1, 0.15) is 57.3 Å². The number of esters is 1. The second-order valence-corrected chi connectivity index (χ2v) is 9.56. The summed E-state index contributed by atoms with van der Waals surface area (Å²) in [6, 6.07) is 9.27. The number of ether oxygens (including phenoxy) is 1. The summed E-state index contributed by atoms with van der Waals surface area (Å²) < 4.78 is 6.08. The summed E-state index contributed by atoms with van der Waals surface area (Å²) in [6.07, 6.45) is 6.39. The molecule has 8 atom stereocenters. The largest absolute Gasteiger partial charge is 0.458 e. The standard InChI is InChI=1S/C25H32O3/c1-5-15(2)23-18(14-26)21-16(3)11-12-20(22(21)19-13-25(19,23)4)28-24(27)17-9-7-6-8-10-17/h5-10,14,16,18-23H,11-13H2,1-4H3/t16-,18-,19+,20-,21-,22-,23-,25+/m0/s1. The van der Waals surface area contributed by atoms with Gasteiger partial charge in [-0.1, -0.05) is 43.7 Å². The number of carbonyl (C=O) groups is 2. The molecule has 3 heteroatoms. The molecule has 3 aliphatic rings. The average Bonchev–Trinajstić information content (AvgIpc) is 3.40. The fourth-order valence-electron chi connectivity index (χ4n) is 6.70. The predicted molar refractivity (Wildman–Crippen MR) is 110 cm³/mol. The van der Waals surface area contributed by atoms with E-state index in [0.717, 1.165) is 19.3 Å². The Balaban J connectivity index is 1.64. The lowest BCUT2D eigenvalue weighted by atomic mass is 9.54. The van der Waals surface area contributed by atoms with Crippen LogP contribution in [0, 0.1) is 40.9 Å². The van der Waals surface area contributed by atoms with Crippen LogP contribution in [0.25, 0.3) is 0 Å². The van der Waals surface area contributed by atoms with Crippen molar-refractivity contribution in [3.05, 3.63) is 47.5 Å². The van der Waals surface area contributed by atoms with Crippen molar-refractivity contribution < 1.29 is 14.3 Å². The highest BCUT2D eigenvalue weighted by molar-refractivity contribution is 5.89. The van der Waals surface area contributed by atoms with Crippen LogP contribution < -0.4 is 0 Å². The molecule has 0 aliphatic heterocycles. The van der Waals surface area contributed by atoms with E-state index in [1.807, 2.05) is 30.3 Å². The highest BCUT2D eigenvalue weighted by Crippen LogP contribution is 2.72. The number of allylic oxidation sites excluding steroid dienone is 2. The topological polar surface area (TPSA) is 43.4 Å². The van der Waals surface area contributed by atoms with Gasteiger partial charge in [-0.25, -0.2) is 4.79 Å². The Hall–Kier alpha value is -1.90. The molecule has 4 rings (SSSR count). The molecule has 1 aromatic carbocycles. The minimum Gasteiger partial charge on any atom is -0.458 e. The predicted octanol–water partition coefficient (Wildman–Crippen LogP) is 5.31. The van der Waals surface area contributed by atoms with Crippen molar-refractivity contribution in [2.24, 2.45) is 40.9 Å². The highest BCUT2D eigenvalue weighted by atomic mass is 16.5. The van der Waals surface area contributed by atoms with Crippen LogP contribution in [0.2, 0.25) is 0 Å². The summed E-state index contributed by atoms with van der Waals surface area (Å²) in [7, 11) is 0. The van der Waals surface area contributed by atoms with Crippen molar-refractivity contribution in [1.29, 1.82) is 0 Å². The molecular formula is C25H32O3. The van der Waals surface area contributed by atoms with Crippen LogP contribution in [-0.2, 0) is 9.53 Å². The molecule has 0 aromatic heterocycles. The van der Waals surface area contributed by atoms with Gasteiger partial charge in [0.15, 0.2) is 0 Å². The first kappa shape index (κ1) is 19.4. The van der Waals surface area contributed by atoms with Gasteiger partial charge in [0.1, 0.15) is 12.4 Å². The van der Waals surface area contributed by atoms with E-state index in [1.54, 1.807) is 0 Å². The molecule has 150 valence electrons. The second-order valence-electron chi connectivity index (χ2n) is 9.56. The molecule has 3 nitrogen and oxygen atoms in total. The zero-order valence-electron chi connectivity index (χ0n) is 17.4. The van der Waals surface area contributed by atoms with Gasteiger partial charge in [-0.3, -0.25) is 0 Å². The molecule has 1 aromatic rings. The Labute approximate surface area is 168 Å². The molecular weight excluding hydrogens is 348 g/mol. The maximum absolute atomic E-state index is 12.7. The van der Waals surface area contributed by atoms with Gasteiger partial charge >= 0.3 is 5.97 Å². The van der Waals surface area contributed by atoms with E-state index >= 15 is 0 Å². The average molecular weight is 381 g/mol. The van der Waals surface area contributed by atoms with Crippen molar-refractivity contribution in [2.75, 3.05) is 0 Å². The lowest BCUT2D eigenvalue weighted by molar-refractivity contribution is -0.127. The quantitative estimate of drug-likeness (QED) is 0.404. The minimum absolute atomic E-state index is 0.0261. The van der Waals surface area contributed by atoms with Crippen molar-refractivity contribution in [1.82, 2.24) is 0 Å². The first-order chi connectivity index (χ1) is 13.4. The van der Waals surface area contributed by atoms with Crippen molar-refractivity contribution >= 4 is 12.3 Å². The Kier molecular flexibility index (Phi) is 4.97. The maximum Gasteiger partial charge on any atom is 0.338 e. The van der Waals surface area contributed by atoms with Crippen molar-refractivity contribution in [2.45, 2.75) is 53.1 Å². The van der Waals surface area contributed by atoms with Gasteiger partial charge in [-0.05, 0) is 74.3 Å². The summed E-state index contributed by atoms with van der Waals surface area (Å²) in [4.78, 5) is 25.1. The van der Waals surface area contributed by atoms with Crippen LogP contribution in [0.4, 0.5) is 0 Å². The summed E-state index contributed by atoms with van der Waals surface area (Å²) in [5.41, 5.74) is 2.12. The number of hydrogen-bond acceptors (Lipinski definition) is 3. The summed E-state index contributed by atoms with van der Waals surface area (Å²) >= 11 is 0. The van der Waals surface area contributed by atoms with Crippen molar-refractivity contribution in [3.8, 4) is 0 Å². The van der Waals surface area contributed by atoms with Gasteiger partial charge in [0.05, 0.1) is 5.56 Å². The van der Waals surface area contributed by atoms with E-state index in [1.165, 1.54) is 11.9 Å². The molecule has 0 bridgehead atoms. The van der Waals surface area contributed by atoms with Gasteiger partial charge in [0, 0.05) is 11.8 Å². The van der Waals surface area contributed by atoms with E-state index in [4.69, 9.17) is 4.74 Å². The van der Waals surface area contributed by atoms with Crippen LogP contribution >= 0.6 is 0 Å². The van der Waals surface area contributed by atoms with Gasteiger partial charge < -0.3 is 9.53 Å². The zero-order valence-corrected chi connectivity index (χ0v) is 17.4. The van der Waals surface area contributed by atoms with Gasteiger partial charge in [-0.2, -0.15) is 0 Å². The van der Waals surface area contributed by atoms with E-state index in [2.05, 4.69) is 33.8 Å². The first-order valence-electron chi connectivity index (χ1n) is 10.8. The molecule has 3 aliphatic carbocycles. The van der Waals surface area contributed by atoms with E-state index in [0.29, 0.717) is 35.2 Å². The van der Waals surface area contributed by atoms with Crippen LogP contribution in [0.3, 0.4) is 0 Å². The third kappa shape index (κ3) is 2.94. The third-order valence-electron chi connectivity index (χ3n) is 8.16. The second kappa shape index (κ2) is 7.17. The van der Waals surface area contributed by atoms with Crippen LogP contribution in [-0.4, -0.2) is 18.4 Å². The Morgan fingerprint density at radius 2 is 1.89 bits per heavy atom. The number of aldehydes is 1. The molecule has 0 unspecified atom stereocenters. The molecule has 0 N–H and O–H groups in total. The molecule has 0 saturated heterocycles. The zero-order chi connectivity index (χ0) is 20.1. The molecule has 0 amide bonds. The monoisotopic (exact) mass is 380 g/mol. The normalized spacial score (nSPS) is 42.1. The van der Waals surface area contributed by atoms with Gasteiger partial charge in [0.25, 0.3) is 0 Å². The molecule has 0 heterocycles. The first-order valence-corrected chi connectivity index (χ1v) is 10.8. The Morgan fingerprint density at radius 1 is 1.18 bits per heavy atom. The molecule has 0 spiro atoms. The summed E-state index contributed by atoms with van der Waals surface area (Å²) in [5.74, 6) is 1.77. The Bertz CT molecular complexity index is 782. The van der Waals surface area contributed by atoms with Gasteiger partial charge in [-0.15, -0.1) is 0 Å². The lowest BCUT2D eigenvalue weighted by Crippen LogP contribution is -2.51. The molecule has 3 fully saturated rings. The van der Waals surface area contributed by atoms with E-state index in [9.17, 15) is 9.59 Å². The fourth-order valence-corrected chi connectivity index (χ4v) is 6.70.